The maximum atomic E-state index is 12.4. The summed E-state index contributed by atoms with van der Waals surface area (Å²) in [5, 5.41) is 3.10. The molecule has 6 heteroatoms. The molecule has 0 atom stereocenters. The van der Waals surface area contributed by atoms with Crippen molar-refractivity contribution in [2.24, 2.45) is 7.05 Å². The van der Waals surface area contributed by atoms with E-state index >= 15 is 0 Å². The molecule has 23 heavy (non-hydrogen) atoms. The number of nitrogens with one attached hydrogen (secondary N) is 1. The fraction of sp³-hybridized carbons (Fsp3) is 0.118. The van der Waals surface area contributed by atoms with E-state index in [2.05, 4.69) is 11.9 Å². The number of amides is 4. The number of fused-ring (bicyclic) bond motifs is 1. The zero-order chi connectivity index (χ0) is 16.6. The van der Waals surface area contributed by atoms with Crippen LogP contribution in [0.15, 0.2) is 48.7 Å². The molecular formula is C17H15N3O3. The molecule has 6 nitrogen and oxygen atoms in total. The van der Waals surface area contributed by atoms with Crippen molar-refractivity contribution in [2.75, 3.05) is 6.54 Å². The average Bonchev–Trinajstić information content (AvgIpc) is 2.85. The molecule has 2 aromatic rings. The first kappa shape index (κ1) is 14.8. The zero-order valence-electron chi connectivity index (χ0n) is 12.6. The van der Waals surface area contributed by atoms with Crippen LogP contribution in [0.2, 0.25) is 0 Å². The van der Waals surface area contributed by atoms with Crippen LogP contribution in [0.4, 0.5) is 4.79 Å². The lowest BCUT2D eigenvalue weighted by Crippen LogP contribution is -2.54. The standard InChI is InChI=1S/C17H15N3O3/c1-3-8-20-16(22)13(15(21)18-17(20)23)9-11-10-19(2)14-7-5-4-6-12(11)14/h3-7,9-10H,1,8H2,2H3,(H,18,21,23). The molecule has 2 heterocycles. The molecule has 3 rings (SSSR count). The Balaban J connectivity index is 2.09. The van der Waals surface area contributed by atoms with Crippen LogP contribution in [0, 0.1) is 0 Å². The Morgan fingerprint density at radius 3 is 2.70 bits per heavy atom. The molecule has 116 valence electrons. The van der Waals surface area contributed by atoms with Crippen LogP contribution in [-0.4, -0.2) is 33.9 Å². The monoisotopic (exact) mass is 309 g/mol. The van der Waals surface area contributed by atoms with Gasteiger partial charge in [0.2, 0.25) is 0 Å². The van der Waals surface area contributed by atoms with Gasteiger partial charge < -0.3 is 4.57 Å². The van der Waals surface area contributed by atoms with Crippen LogP contribution >= 0.6 is 0 Å². The Hall–Kier alpha value is -3.15. The maximum Gasteiger partial charge on any atom is 0.331 e. The maximum absolute atomic E-state index is 12.4. The topological polar surface area (TPSA) is 71.4 Å². The molecule has 0 aliphatic carbocycles. The Morgan fingerprint density at radius 2 is 1.96 bits per heavy atom. The van der Waals surface area contributed by atoms with E-state index in [9.17, 15) is 14.4 Å². The third kappa shape index (κ3) is 2.44. The summed E-state index contributed by atoms with van der Waals surface area (Å²) in [5.74, 6) is -1.31. The summed E-state index contributed by atoms with van der Waals surface area (Å²) in [7, 11) is 1.89. The van der Waals surface area contributed by atoms with Gasteiger partial charge in [-0.3, -0.25) is 19.8 Å². The van der Waals surface area contributed by atoms with Gasteiger partial charge in [-0.05, 0) is 12.1 Å². The third-order valence-electron chi connectivity index (χ3n) is 3.73. The summed E-state index contributed by atoms with van der Waals surface area (Å²) < 4.78 is 1.92. The van der Waals surface area contributed by atoms with Crippen LogP contribution in [0.5, 0.6) is 0 Å². The summed E-state index contributed by atoms with van der Waals surface area (Å²) in [6.45, 7) is 3.56. The lowest BCUT2D eigenvalue weighted by Gasteiger charge is -2.25. The number of nitrogens with zero attached hydrogens (tertiary/aromatic N) is 2. The van der Waals surface area contributed by atoms with Crippen molar-refractivity contribution >= 4 is 34.8 Å². The van der Waals surface area contributed by atoms with E-state index < -0.39 is 17.8 Å². The van der Waals surface area contributed by atoms with Gasteiger partial charge in [0.15, 0.2) is 0 Å². The number of para-hydroxylation sites is 1. The summed E-state index contributed by atoms with van der Waals surface area (Å²) >= 11 is 0. The summed E-state index contributed by atoms with van der Waals surface area (Å²) in [6, 6.07) is 6.95. The average molecular weight is 309 g/mol. The number of imide groups is 2. The SMILES string of the molecule is C=CCN1C(=O)NC(=O)C(=Cc2cn(C)c3ccccc23)C1=O. The van der Waals surface area contributed by atoms with E-state index in [0.717, 1.165) is 21.4 Å². The molecule has 1 N–H and O–H groups in total. The van der Waals surface area contributed by atoms with Gasteiger partial charge in [0.1, 0.15) is 5.57 Å². The molecular weight excluding hydrogens is 294 g/mol. The van der Waals surface area contributed by atoms with E-state index in [1.165, 1.54) is 12.2 Å². The van der Waals surface area contributed by atoms with Gasteiger partial charge in [-0.2, -0.15) is 0 Å². The van der Waals surface area contributed by atoms with Gasteiger partial charge in [-0.1, -0.05) is 24.3 Å². The second-order valence-electron chi connectivity index (χ2n) is 5.23. The smallest absolute Gasteiger partial charge is 0.331 e. The van der Waals surface area contributed by atoms with Gasteiger partial charge >= 0.3 is 6.03 Å². The van der Waals surface area contributed by atoms with Crippen molar-refractivity contribution < 1.29 is 14.4 Å². The first-order valence-electron chi connectivity index (χ1n) is 7.06. The summed E-state index contributed by atoms with van der Waals surface area (Å²) in [4.78, 5) is 37.1. The number of benzene rings is 1. The Kier molecular flexibility index (Phi) is 3.57. The van der Waals surface area contributed by atoms with E-state index in [1.54, 1.807) is 0 Å². The molecule has 0 saturated carbocycles. The Labute approximate surface area is 132 Å². The minimum absolute atomic E-state index is 0.0465. The molecule has 1 aromatic heterocycles. The van der Waals surface area contributed by atoms with E-state index in [0.29, 0.717) is 0 Å². The van der Waals surface area contributed by atoms with Crippen molar-refractivity contribution in [3.63, 3.8) is 0 Å². The highest BCUT2D eigenvalue weighted by molar-refractivity contribution is 6.31. The highest BCUT2D eigenvalue weighted by Gasteiger charge is 2.35. The molecule has 0 radical (unpaired) electrons. The molecule has 0 unspecified atom stereocenters. The molecule has 0 spiro atoms. The van der Waals surface area contributed by atoms with E-state index in [4.69, 9.17) is 0 Å². The second kappa shape index (κ2) is 5.57. The number of barbiturate groups is 1. The van der Waals surface area contributed by atoms with Gasteiger partial charge in [-0.25, -0.2) is 4.79 Å². The Morgan fingerprint density at radius 1 is 1.22 bits per heavy atom. The first-order valence-corrected chi connectivity index (χ1v) is 7.06. The molecule has 0 bridgehead atoms. The lowest BCUT2D eigenvalue weighted by molar-refractivity contribution is -0.129. The van der Waals surface area contributed by atoms with E-state index in [1.807, 2.05) is 42.1 Å². The summed E-state index contributed by atoms with van der Waals surface area (Å²) in [6.07, 6.45) is 4.79. The van der Waals surface area contributed by atoms with Crippen LogP contribution in [0.1, 0.15) is 5.56 Å². The van der Waals surface area contributed by atoms with E-state index in [-0.39, 0.29) is 12.1 Å². The highest BCUT2D eigenvalue weighted by Crippen LogP contribution is 2.24. The number of hydrogen-bond acceptors (Lipinski definition) is 3. The van der Waals surface area contributed by atoms with Crippen molar-refractivity contribution in [1.82, 2.24) is 14.8 Å². The van der Waals surface area contributed by atoms with Crippen LogP contribution in [-0.2, 0) is 16.6 Å². The molecule has 1 aliphatic rings. The second-order valence-corrected chi connectivity index (χ2v) is 5.23. The van der Waals surface area contributed by atoms with Gasteiger partial charge in [0, 0.05) is 36.3 Å². The van der Waals surface area contributed by atoms with Crippen LogP contribution in [0.25, 0.3) is 17.0 Å². The highest BCUT2D eigenvalue weighted by atomic mass is 16.2. The molecule has 1 fully saturated rings. The minimum atomic E-state index is -0.727. The molecule has 1 saturated heterocycles. The molecule has 4 amide bonds. The number of carbonyl (C=O) groups excluding carboxylic acids is 3. The van der Waals surface area contributed by atoms with Crippen LogP contribution < -0.4 is 5.32 Å². The fourth-order valence-corrected chi connectivity index (χ4v) is 2.63. The quantitative estimate of drug-likeness (QED) is 0.534. The Bertz CT molecular complexity index is 876. The number of hydrogen-bond donors (Lipinski definition) is 1. The molecule has 1 aromatic carbocycles. The summed E-state index contributed by atoms with van der Waals surface area (Å²) in [5.41, 5.74) is 1.67. The molecule has 1 aliphatic heterocycles. The van der Waals surface area contributed by atoms with Gasteiger partial charge in [0.25, 0.3) is 11.8 Å². The number of carbonyl (C=O) groups is 3. The van der Waals surface area contributed by atoms with Crippen molar-refractivity contribution in [3.05, 3.63) is 54.3 Å². The number of aromatic nitrogens is 1. The predicted octanol–water partition coefficient (Wildman–Crippen LogP) is 1.83. The van der Waals surface area contributed by atoms with Gasteiger partial charge in [0.05, 0.1) is 0 Å². The van der Waals surface area contributed by atoms with Crippen LogP contribution in [0.3, 0.4) is 0 Å². The predicted molar refractivity (Wildman–Crippen MR) is 86.3 cm³/mol. The number of urea groups is 1. The van der Waals surface area contributed by atoms with Crippen molar-refractivity contribution in [1.29, 1.82) is 0 Å². The largest absolute Gasteiger partial charge is 0.350 e. The number of aryl methyl sites for hydroxylation is 1. The first-order chi connectivity index (χ1) is 11.0. The zero-order valence-corrected chi connectivity index (χ0v) is 12.6. The van der Waals surface area contributed by atoms with Crippen molar-refractivity contribution in [2.45, 2.75) is 0 Å². The fourth-order valence-electron chi connectivity index (χ4n) is 2.63. The minimum Gasteiger partial charge on any atom is -0.350 e. The lowest BCUT2D eigenvalue weighted by atomic mass is 10.1. The third-order valence-corrected chi connectivity index (χ3v) is 3.73. The van der Waals surface area contributed by atoms with Crippen molar-refractivity contribution in [3.8, 4) is 0 Å². The normalized spacial score (nSPS) is 17.0. The van der Waals surface area contributed by atoms with Gasteiger partial charge in [-0.15, -0.1) is 6.58 Å². The number of rotatable bonds is 3.